The van der Waals surface area contributed by atoms with Gasteiger partial charge in [0.25, 0.3) is 0 Å². The van der Waals surface area contributed by atoms with Crippen LogP contribution in [0.2, 0.25) is 0 Å². The molecule has 0 aromatic heterocycles. The maximum absolute atomic E-state index is 13.1. The molecule has 0 saturated heterocycles. The number of nitro groups is 1. The second-order valence-corrected chi connectivity index (χ2v) is 5.69. The fraction of sp³-hybridized carbons (Fsp3) is 0.571. The van der Waals surface area contributed by atoms with Gasteiger partial charge in [0.1, 0.15) is 5.82 Å². The van der Waals surface area contributed by atoms with Gasteiger partial charge in [-0.3, -0.25) is 10.1 Å². The number of benzene rings is 1. The van der Waals surface area contributed by atoms with Crippen LogP contribution in [0.4, 0.5) is 10.1 Å². The highest BCUT2D eigenvalue weighted by molar-refractivity contribution is 7.80. The van der Waals surface area contributed by atoms with E-state index in [-0.39, 0.29) is 16.9 Å². The number of nitrogens with zero attached hydrogens (tertiary/aromatic N) is 1. The first-order chi connectivity index (χ1) is 9.56. The lowest BCUT2D eigenvalue weighted by Crippen LogP contribution is -2.33. The summed E-state index contributed by atoms with van der Waals surface area (Å²) in [6, 6.07) is 3.39. The molecule has 1 saturated carbocycles. The first-order valence-electron chi connectivity index (χ1n) is 6.74. The molecule has 1 aromatic rings. The molecule has 1 aromatic carbocycles. The zero-order valence-corrected chi connectivity index (χ0v) is 12.1. The zero-order chi connectivity index (χ0) is 14.6. The highest BCUT2D eigenvalue weighted by Gasteiger charge is 2.32. The van der Waals surface area contributed by atoms with Crippen molar-refractivity contribution >= 4 is 18.3 Å². The van der Waals surface area contributed by atoms with Crippen molar-refractivity contribution in [1.82, 2.24) is 0 Å². The molecule has 0 heterocycles. The van der Waals surface area contributed by atoms with Gasteiger partial charge in [-0.1, -0.05) is 19.3 Å². The second-order valence-electron chi connectivity index (χ2n) is 5.38. The predicted octanol–water partition coefficient (Wildman–Crippen LogP) is 3.99. The van der Waals surface area contributed by atoms with Gasteiger partial charge in [-0.2, -0.15) is 12.6 Å². The highest BCUT2D eigenvalue weighted by Crippen LogP contribution is 2.38. The lowest BCUT2D eigenvalue weighted by Gasteiger charge is -2.35. The smallest absolute Gasteiger partial charge is 0.313 e. The molecule has 4 nitrogen and oxygen atoms in total. The first-order valence-corrected chi connectivity index (χ1v) is 7.37. The number of nitro benzene ring substituents is 1. The van der Waals surface area contributed by atoms with E-state index in [9.17, 15) is 14.5 Å². The fourth-order valence-electron chi connectivity index (χ4n) is 2.64. The Kier molecular flexibility index (Phi) is 4.86. The average molecular weight is 299 g/mol. The predicted molar refractivity (Wildman–Crippen MR) is 77.9 cm³/mol. The normalized spacial score (nSPS) is 17.7. The lowest BCUT2D eigenvalue weighted by atomic mass is 9.76. The quantitative estimate of drug-likeness (QED) is 0.508. The van der Waals surface area contributed by atoms with Crippen molar-refractivity contribution in [2.24, 2.45) is 5.41 Å². The van der Waals surface area contributed by atoms with E-state index >= 15 is 0 Å². The molecule has 2 rings (SSSR count). The first kappa shape index (κ1) is 15.1. The number of rotatable bonds is 5. The molecule has 0 amide bonds. The molecule has 20 heavy (non-hydrogen) atoms. The molecule has 0 spiro atoms. The van der Waals surface area contributed by atoms with Crippen molar-refractivity contribution in [2.75, 3.05) is 12.4 Å². The Balaban J connectivity index is 2.11. The molecule has 0 unspecified atom stereocenters. The molecule has 0 atom stereocenters. The van der Waals surface area contributed by atoms with Crippen LogP contribution in [0.3, 0.4) is 0 Å². The number of halogens is 1. The Morgan fingerprint density at radius 3 is 2.65 bits per heavy atom. The maximum Gasteiger partial charge on any atom is 0.313 e. The van der Waals surface area contributed by atoms with Gasteiger partial charge in [0.05, 0.1) is 17.6 Å². The summed E-state index contributed by atoms with van der Waals surface area (Å²) in [7, 11) is 0. The van der Waals surface area contributed by atoms with Gasteiger partial charge < -0.3 is 4.74 Å². The zero-order valence-electron chi connectivity index (χ0n) is 11.2. The Morgan fingerprint density at radius 1 is 1.35 bits per heavy atom. The second kappa shape index (κ2) is 6.43. The molecule has 6 heteroatoms. The van der Waals surface area contributed by atoms with Crippen LogP contribution < -0.4 is 4.74 Å². The Labute approximate surface area is 122 Å². The lowest BCUT2D eigenvalue weighted by molar-refractivity contribution is -0.386. The van der Waals surface area contributed by atoms with Gasteiger partial charge in [0.15, 0.2) is 5.75 Å². The fourth-order valence-corrected chi connectivity index (χ4v) is 3.04. The van der Waals surface area contributed by atoms with Crippen LogP contribution in [-0.2, 0) is 0 Å². The summed E-state index contributed by atoms with van der Waals surface area (Å²) in [4.78, 5) is 10.3. The number of hydrogen-bond acceptors (Lipinski definition) is 4. The summed E-state index contributed by atoms with van der Waals surface area (Å²) in [6.45, 7) is 0.392. The average Bonchev–Trinajstić information content (AvgIpc) is 2.47. The number of thiol groups is 1. The van der Waals surface area contributed by atoms with E-state index in [0.29, 0.717) is 12.4 Å². The Morgan fingerprint density at radius 2 is 2.05 bits per heavy atom. The van der Waals surface area contributed by atoms with Crippen LogP contribution in [-0.4, -0.2) is 17.3 Å². The van der Waals surface area contributed by atoms with Crippen LogP contribution in [0, 0.1) is 21.3 Å². The van der Waals surface area contributed by atoms with Crippen LogP contribution in [0.25, 0.3) is 0 Å². The Hall–Kier alpha value is -1.30. The van der Waals surface area contributed by atoms with Crippen molar-refractivity contribution in [2.45, 2.75) is 32.1 Å². The number of ether oxygens (including phenoxy) is 1. The largest absolute Gasteiger partial charge is 0.486 e. The van der Waals surface area contributed by atoms with E-state index in [1.807, 2.05) is 0 Å². The summed E-state index contributed by atoms with van der Waals surface area (Å²) < 4.78 is 18.7. The highest BCUT2D eigenvalue weighted by atomic mass is 32.1. The van der Waals surface area contributed by atoms with Crippen LogP contribution in [0.15, 0.2) is 18.2 Å². The van der Waals surface area contributed by atoms with E-state index in [2.05, 4.69) is 12.6 Å². The molecule has 1 fully saturated rings. The van der Waals surface area contributed by atoms with Crippen molar-refractivity contribution in [3.8, 4) is 5.75 Å². The van der Waals surface area contributed by atoms with E-state index < -0.39 is 10.7 Å². The van der Waals surface area contributed by atoms with Crippen LogP contribution >= 0.6 is 12.6 Å². The minimum atomic E-state index is -0.634. The monoisotopic (exact) mass is 299 g/mol. The summed E-state index contributed by atoms with van der Waals surface area (Å²) in [5.41, 5.74) is -0.348. The summed E-state index contributed by atoms with van der Waals surface area (Å²) in [6.07, 6.45) is 5.52. The molecule has 0 radical (unpaired) electrons. The van der Waals surface area contributed by atoms with Crippen molar-refractivity contribution in [3.63, 3.8) is 0 Å². The molecule has 0 N–H and O–H groups in total. The van der Waals surface area contributed by atoms with Gasteiger partial charge in [0.2, 0.25) is 0 Å². The third kappa shape index (κ3) is 3.42. The topological polar surface area (TPSA) is 52.4 Å². The van der Waals surface area contributed by atoms with E-state index in [1.54, 1.807) is 0 Å². The van der Waals surface area contributed by atoms with E-state index in [1.165, 1.54) is 18.6 Å². The van der Waals surface area contributed by atoms with Crippen LogP contribution in [0.5, 0.6) is 5.75 Å². The van der Waals surface area contributed by atoms with E-state index in [0.717, 1.165) is 31.7 Å². The van der Waals surface area contributed by atoms with E-state index in [4.69, 9.17) is 4.74 Å². The van der Waals surface area contributed by atoms with Gasteiger partial charge in [0, 0.05) is 5.41 Å². The minimum Gasteiger partial charge on any atom is -0.486 e. The van der Waals surface area contributed by atoms with Gasteiger partial charge in [-0.15, -0.1) is 0 Å². The molecule has 0 bridgehead atoms. The molecule has 1 aliphatic rings. The summed E-state index contributed by atoms with van der Waals surface area (Å²) in [5, 5.41) is 10.9. The van der Waals surface area contributed by atoms with Crippen LogP contribution in [0.1, 0.15) is 32.1 Å². The van der Waals surface area contributed by atoms with Crippen molar-refractivity contribution in [1.29, 1.82) is 0 Å². The number of hydrogen-bond donors (Lipinski definition) is 1. The molecule has 1 aliphatic carbocycles. The third-order valence-electron chi connectivity index (χ3n) is 3.90. The minimum absolute atomic E-state index is 0.0242. The standard InChI is InChI=1S/C14H18FNO3S/c15-11-4-5-13(12(8-11)16(17)18)19-9-14(10-20)6-2-1-3-7-14/h4-5,8,20H,1-3,6-7,9-10H2. The molecule has 0 aliphatic heterocycles. The molecular weight excluding hydrogens is 281 g/mol. The Bertz CT molecular complexity index is 489. The van der Waals surface area contributed by atoms with Gasteiger partial charge in [-0.25, -0.2) is 4.39 Å². The third-order valence-corrected chi connectivity index (χ3v) is 4.57. The molecular formula is C14H18FNO3S. The summed E-state index contributed by atoms with van der Waals surface area (Å²) >= 11 is 4.40. The van der Waals surface area contributed by atoms with Crippen molar-refractivity contribution < 1.29 is 14.1 Å². The maximum atomic E-state index is 13.1. The molecule has 110 valence electrons. The van der Waals surface area contributed by atoms with Gasteiger partial charge in [-0.05, 0) is 30.7 Å². The van der Waals surface area contributed by atoms with Gasteiger partial charge >= 0.3 is 5.69 Å². The SMILES string of the molecule is O=[N+]([O-])c1cc(F)ccc1OCC1(CS)CCCCC1. The summed E-state index contributed by atoms with van der Waals surface area (Å²) in [5.74, 6) is 0.191. The van der Waals surface area contributed by atoms with Crippen molar-refractivity contribution in [3.05, 3.63) is 34.1 Å².